The van der Waals surface area contributed by atoms with Crippen molar-refractivity contribution >= 4 is 0 Å². The van der Waals surface area contributed by atoms with Crippen molar-refractivity contribution in [2.45, 2.75) is 26.2 Å². The van der Waals surface area contributed by atoms with E-state index in [0.717, 1.165) is 24.6 Å². The van der Waals surface area contributed by atoms with E-state index in [-0.39, 0.29) is 0 Å². The highest BCUT2D eigenvalue weighted by Crippen LogP contribution is 2.18. The van der Waals surface area contributed by atoms with Crippen molar-refractivity contribution in [2.24, 2.45) is 0 Å². The monoisotopic (exact) mass is 237 g/mol. The lowest BCUT2D eigenvalue weighted by Gasteiger charge is -2.08. The zero-order chi connectivity index (χ0) is 12.3. The summed E-state index contributed by atoms with van der Waals surface area (Å²) in [5.74, 6) is 1.69. The number of hydrogen-bond acceptors (Lipinski definition) is 3. The number of nitrogens with one attached hydrogen (secondary N) is 1. The van der Waals surface area contributed by atoms with Crippen LogP contribution in [0, 0.1) is 0 Å². The second-order valence-corrected chi connectivity index (χ2v) is 3.98. The van der Waals surface area contributed by atoms with Gasteiger partial charge in [0.2, 0.25) is 0 Å². The van der Waals surface area contributed by atoms with E-state index < -0.39 is 0 Å². The molecular formula is C14H23NO2. The summed E-state index contributed by atoms with van der Waals surface area (Å²) in [6.45, 7) is 4.88. The molecule has 3 heteroatoms. The summed E-state index contributed by atoms with van der Waals surface area (Å²) >= 11 is 0. The van der Waals surface area contributed by atoms with Crippen molar-refractivity contribution in [1.82, 2.24) is 5.32 Å². The lowest BCUT2D eigenvalue weighted by Crippen LogP contribution is -2.22. The van der Waals surface area contributed by atoms with Crippen molar-refractivity contribution in [1.29, 1.82) is 0 Å². The molecule has 17 heavy (non-hydrogen) atoms. The first-order valence-electron chi connectivity index (χ1n) is 6.34. The number of hydrogen-bond donors (Lipinski definition) is 1. The first-order chi connectivity index (χ1) is 8.36. The Hall–Kier alpha value is -1.22. The smallest absolute Gasteiger partial charge is 0.123 e. The van der Waals surface area contributed by atoms with Gasteiger partial charge in [0.25, 0.3) is 0 Å². The third-order valence-corrected chi connectivity index (χ3v) is 2.55. The van der Waals surface area contributed by atoms with Gasteiger partial charge in [-0.1, -0.05) is 25.8 Å². The highest BCUT2D eigenvalue weighted by molar-refractivity contribution is 5.32. The summed E-state index contributed by atoms with van der Waals surface area (Å²) < 4.78 is 10.7. The lowest BCUT2D eigenvalue weighted by atomic mass is 10.2. The van der Waals surface area contributed by atoms with E-state index in [4.69, 9.17) is 9.47 Å². The molecule has 96 valence electrons. The van der Waals surface area contributed by atoms with Crippen LogP contribution in [0.1, 0.15) is 26.2 Å². The fraction of sp³-hybridized carbons (Fsp3) is 0.571. The van der Waals surface area contributed by atoms with E-state index in [2.05, 4.69) is 12.2 Å². The van der Waals surface area contributed by atoms with E-state index in [1.165, 1.54) is 19.3 Å². The minimum Gasteiger partial charge on any atom is -0.497 e. The molecule has 0 spiro atoms. The third kappa shape index (κ3) is 6.17. The van der Waals surface area contributed by atoms with E-state index >= 15 is 0 Å². The molecule has 0 aliphatic rings. The van der Waals surface area contributed by atoms with Crippen LogP contribution in [-0.2, 0) is 0 Å². The van der Waals surface area contributed by atoms with Crippen LogP contribution in [0.2, 0.25) is 0 Å². The molecule has 1 rings (SSSR count). The maximum atomic E-state index is 5.61. The van der Waals surface area contributed by atoms with Crippen LogP contribution in [0.3, 0.4) is 0 Å². The number of benzene rings is 1. The molecule has 0 aromatic heterocycles. The molecule has 0 aliphatic heterocycles. The van der Waals surface area contributed by atoms with Gasteiger partial charge < -0.3 is 14.8 Å². The third-order valence-electron chi connectivity index (χ3n) is 2.55. The lowest BCUT2D eigenvalue weighted by molar-refractivity contribution is 0.311. The average Bonchev–Trinajstić information content (AvgIpc) is 2.38. The zero-order valence-corrected chi connectivity index (χ0v) is 10.9. The van der Waals surface area contributed by atoms with Gasteiger partial charge in [-0.3, -0.25) is 0 Å². The minimum atomic E-state index is 0.694. The molecule has 0 bridgehead atoms. The topological polar surface area (TPSA) is 30.5 Å². The summed E-state index contributed by atoms with van der Waals surface area (Å²) in [6.07, 6.45) is 3.81. The van der Waals surface area contributed by atoms with Crippen molar-refractivity contribution in [2.75, 3.05) is 26.8 Å². The van der Waals surface area contributed by atoms with Crippen LogP contribution in [0.4, 0.5) is 0 Å². The Balaban J connectivity index is 2.09. The van der Waals surface area contributed by atoms with Crippen molar-refractivity contribution in [3.63, 3.8) is 0 Å². The fourth-order valence-corrected chi connectivity index (χ4v) is 1.56. The predicted molar refractivity (Wildman–Crippen MR) is 70.9 cm³/mol. The quantitative estimate of drug-likeness (QED) is 0.670. The number of methoxy groups -OCH3 is 1. The van der Waals surface area contributed by atoms with Crippen LogP contribution in [-0.4, -0.2) is 26.8 Å². The number of unbranched alkanes of at least 4 members (excludes halogenated alkanes) is 2. The molecule has 0 radical (unpaired) electrons. The van der Waals surface area contributed by atoms with E-state index in [0.29, 0.717) is 6.61 Å². The maximum absolute atomic E-state index is 5.61. The average molecular weight is 237 g/mol. The molecular weight excluding hydrogens is 214 g/mol. The molecule has 0 amide bonds. The summed E-state index contributed by atoms with van der Waals surface area (Å²) in [7, 11) is 1.66. The van der Waals surface area contributed by atoms with Crippen molar-refractivity contribution in [3.05, 3.63) is 24.3 Å². The Kier molecular flexibility index (Phi) is 7.23. The zero-order valence-electron chi connectivity index (χ0n) is 10.9. The molecule has 1 aromatic rings. The van der Waals surface area contributed by atoms with Gasteiger partial charge in [-0.2, -0.15) is 0 Å². The summed E-state index contributed by atoms with van der Waals surface area (Å²) in [5.41, 5.74) is 0. The molecule has 0 unspecified atom stereocenters. The molecule has 1 N–H and O–H groups in total. The van der Waals surface area contributed by atoms with Gasteiger partial charge >= 0.3 is 0 Å². The van der Waals surface area contributed by atoms with Crippen molar-refractivity contribution in [3.8, 4) is 11.5 Å². The highest BCUT2D eigenvalue weighted by Gasteiger charge is 1.96. The van der Waals surface area contributed by atoms with E-state index in [9.17, 15) is 0 Å². The first kappa shape index (κ1) is 13.8. The van der Waals surface area contributed by atoms with Gasteiger partial charge in [0.05, 0.1) is 7.11 Å². The maximum Gasteiger partial charge on any atom is 0.123 e. The second-order valence-electron chi connectivity index (χ2n) is 3.98. The Labute approximate surface area is 104 Å². The van der Waals surface area contributed by atoms with Crippen LogP contribution in [0.25, 0.3) is 0 Å². The highest BCUT2D eigenvalue weighted by atomic mass is 16.5. The van der Waals surface area contributed by atoms with Crippen LogP contribution < -0.4 is 14.8 Å². The summed E-state index contributed by atoms with van der Waals surface area (Å²) in [4.78, 5) is 0. The van der Waals surface area contributed by atoms with Gasteiger partial charge in [-0.15, -0.1) is 0 Å². The molecule has 0 atom stereocenters. The van der Waals surface area contributed by atoms with E-state index in [1.807, 2.05) is 24.3 Å². The van der Waals surface area contributed by atoms with Gasteiger partial charge in [0.1, 0.15) is 18.1 Å². The Morgan fingerprint density at radius 2 is 1.94 bits per heavy atom. The molecule has 0 heterocycles. The molecule has 0 saturated heterocycles. The van der Waals surface area contributed by atoms with Crippen molar-refractivity contribution < 1.29 is 9.47 Å². The van der Waals surface area contributed by atoms with Crippen LogP contribution >= 0.6 is 0 Å². The van der Waals surface area contributed by atoms with Gasteiger partial charge in [0.15, 0.2) is 0 Å². The van der Waals surface area contributed by atoms with E-state index in [1.54, 1.807) is 7.11 Å². The van der Waals surface area contributed by atoms with Gasteiger partial charge in [-0.05, 0) is 25.1 Å². The molecule has 1 aromatic carbocycles. The van der Waals surface area contributed by atoms with Gasteiger partial charge in [0, 0.05) is 12.6 Å². The predicted octanol–water partition coefficient (Wildman–Crippen LogP) is 2.85. The second kappa shape index (κ2) is 8.88. The molecule has 0 saturated carbocycles. The Morgan fingerprint density at radius 1 is 1.12 bits per heavy atom. The van der Waals surface area contributed by atoms with Crippen LogP contribution in [0.15, 0.2) is 24.3 Å². The fourth-order valence-electron chi connectivity index (χ4n) is 1.56. The minimum absolute atomic E-state index is 0.694. The molecule has 0 aliphatic carbocycles. The Bertz CT molecular complexity index is 302. The molecule has 3 nitrogen and oxygen atoms in total. The SMILES string of the molecule is CCCCCNCCOc1cccc(OC)c1. The first-order valence-corrected chi connectivity index (χ1v) is 6.34. The largest absolute Gasteiger partial charge is 0.497 e. The number of ether oxygens (including phenoxy) is 2. The van der Waals surface area contributed by atoms with Crippen LogP contribution in [0.5, 0.6) is 11.5 Å². The summed E-state index contributed by atoms with van der Waals surface area (Å²) in [6, 6.07) is 7.69. The molecule has 0 fully saturated rings. The Morgan fingerprint density at radius 3 is 2.71 bits per heavy atom. The number of rotatable bonds is 9. The summed E-state index contributed by atoms with van der Waals surface area (Å²) in [5, 5.41) is 3.36. The van der Waals surface area contributed by atoms with Gasteiger partial charge in [-0.25, -0.2) is 0 Å². The standard InChI is InChI=1S/C14H23NO2/c1-3-4-5-9-15-10-11-17-14-8-6-7-13(12-14)16-2/h6-8,12,15H,3-5,9-11H2,1-2H3. The normalized spacial score (nSPS) is 10.2.